The lowest BCUT2D eigenvalue weighted by molar-refractivity contribution is -0.147. The zero-order chi connectivity index (χ0) is 22.6. The lowest BCUT2D eigenvalue weighted by Crippen LogP contribution is -2.47. The molecule has 0 aliphatic carbocycles. The molecule has 0 bridgehead atoms. The molecule has 1 atom stereocenters. The Hall–Kier alpha value is -2.81. The van der Waals surface area contributed by atoms with Crippen molar-refractivity contribution in [2.45, 2.75) is 31.8 Å². The van der Waals surface area contributed by atoms with Crippen molar-refractivity contribution in [1.82, 2.24) is 14.7 Å². The summed E-state index contributed by atoms with van der Waals surface area (Å²) in [5.74, 6) is -1.17. The van der Waals surface area contributed by atoms with Crippen LogP contribution in [0.4, 0.5) is 9.59 Å². The van der Waals surface area contributed by atoms with Gasteiger partial charge in [-0.25, -0.2) is 14.4 Å². The van der Waals surface area contributed by atoms with Gasteiger partial charge in [0.25, 0.3) is 0 Å². The van der Waals surface area contributed by atoms with Gasteiger partial charge in [0.2, 0.25) is 6.10 Å². The van der Waals surface area contributed by atoms with E-state index >= 15 is 0 Å². The first-order valence-corrected chi connectivity index (χ1v) is 10.6. The number of carboxylic acid groups (broad SMARTS) is 1. The van der Waals surface area contributed by atoms with Crippen molar-refractivity contribution in [1.29, 1.82) is 0 Å². The van der Waals surface area contributed by atoms with Crippen LogP contribution in [0.15, 0.2) is 30.3 Å². The molecule has 2 rings (SSSR count). The molecule has 31 heavy (non-hydrogen) atoms. The van der Waals surface area contributed by atoms with Gasteiger partial charge in [0.15, 0.2) is 0 Å². The number of nitrogens with zero attached hydrogens (tertiary/aromatic N) is 3. The number of aliphatic carboxylic acids is 1. The van der Waals surface area contributed by atoms with Crippen LogP contribution >= 0.6 is 0 Å². The molecule has 0 saturated carbocycles. The number of hydrogen-bond donors (Lipinski definition) is 1. The van der Waals surface area contributed by atoms with E-state index in [2.05, 4.69) is 0 Å². The average molecular weight is 436 g/mol. The van der Waals surface area contributed by atoms with Gasteiger partial charge in [-0.1, -0.05) is 30.3 Å². The molecule has 1 saturated heterocycles. The Labute approximate surface area is 183 Å². The third kappa shape index (κ3) is 8.45. The van der Waals surface area contributed by atoms with E-state index in [0.717, 1.165) is 24.8 Å². The van der Waals surface area contributed by atoms with Crippen LogP contribution in [0.2, 0.25) is 0 Å². The van der Waals surface area contributed by atoms with E-state index in [1.165, 1.54) is 4.90 Å². The highest BCUT2D eigenvalue weighted by molar-refractivity contribution is 5.77. The molecule has 9 heteroatoms. The van der Waals surface area contributed by atoms with E-state index in [9.17, 15) is 19.5 Å². The number of morpholine rings is 1. The molecule has 9 nitrogen and oxygen atoms in total. The van der Waals surface area contributed by atoms with Crippen molar-refractivity contribution in [2.75, 3.05) is 53.5 Å². The Bertz CT molecular complexity index is 708. The van der Waals surface area contributed by atoms with Gasteiger partial charge in [-0.3, -0.25) is 0 Å². The van der Waals surface area contributed by atoms with E-state index in [-0.39, 0.29) is 12.5 Å². The molecule has 1 fully saturated rings. The second kappa shape index (κ2) is 12.8. The van der Waals surface area contributed by atoms with Crippen molar-refractivity contribution in [3.8, 4) is 0 Å². The molecular formula is C22H33N3O6. The summed E-state index contributed by atoms with van der Waals surface area (Å²) in [5.41, 5.74) is 0.793. The lowest BCUT2D eigenvalue weighted by Gasteiger charge is -2.31. The largest absolute Gasteiger partial charge is 0.478 e. The first-order valence-electron chi connectivity index (χ1n) is 10.6. The number of carbonyl (C=O) groups excluding carboxylic acids is 2. The molecule has 172 valence electrons. The molecule has 1 N–H and O–H groups in total. The van der Waals surface area contributed by atoms with Crippen LogP contribution in [0.1, 0.15) is 24.8 Å². The van der Waals surface area contributed by atoms with Crippen LogP contribution in [0, 0.1) is 0 Å². The highest BCUT2D eigenvalue weighted by Crippen LogP contribution is 2.09. The van der Waals surface area contributed by atoms with Crippen LogP contribution < -0.4 is 0 Å². The summed E-state index contributed by atoms with van der Waals surface area (Å²) >= 11 is 0. The fourth-order valence-corrected chi connectivity index (χ4v) is 3.28. The van der Waals surface area contributed by atoms with Crippen molar-refractivity contribution in [2.24, 2.45) is 0 Å². The highest BCUT2D eigenvalue weighted by atomic mass is 16.6. The van der Waals surface area contributed by atoms with Crippen LogP contribution in [0.5, 0.6) is 0 Å². The van der Waals surface area contributed by atoms with Crippen LogP contribution in [0.25, 0.3) is 0 Å². The molecule has 3 amide bonds. The minimum Gasteiger partial charge on any atom is -0.478 e. The van der Waals surface area contributed by atoms with Crippen LogP contribution in [-0.2, 0) is 20.7 Å². The van der Waals surface area contributed by atoms with Crippen molar-refractivity contribution < 1.29 is 29.0 Å². The van der Waals surface area contributed by atoms with Crippen LogP contribution in [0.3, 0.4) is 0 Å². The predicted molar refractivity (Wildman–Crippen MR) is 115 cm³/mol. The summed E-state index contributed by atoms with van der Waals surface area (Å²) in [4.78, 5) is 40.9. The fraction of sp³-hybridized carbons (Fsp3) is 0.591. The molecule has 0 unspecified atom stereocenters. The van der Waals surface area contributed by atoms with E-state index in [0.29, 0.717) is 39.4 Å². The molecule has 1 aliphatic rings. The third-order valence-electron chi connectivity index (χ3n) is 5.19. The minimum absolute atomic E-state index is 0.0159. The number of carbonyl (C=O) groups is 3. The lowest BCUT2D eigenvalue weighted by atomic mass is 10.1. The Morgan fingerprint density at radius 1 is 1.03 bits per heavy atom. The third-order valence-corrected chi connectivity index (χ3v) is 5.19. The first-order chi connectivity index (χ1) is 14.9. The smallest absolute Gasteiger partial charge is 0.410 e. The SMILES string of the molecule is CN(CCCCCN(C)C(=O)N1CCOCC1)C(=O)O[C@@H](Cc1ccccc1)C(=O)O. The van der Waals surface area contributed by atoms with Gasteiger partial charge in [-0.2, -0.15) is 0 Å². The normalized spacial score (nSPS) is 14.6. The minimum atomic E-state index is -1.22. The molecule has 0 spiro atoms. The summed E-state index contributed by atoms with van der Waals surface area (Å²) in [5, 5.41) is 9.36. The van der Waals surface area contributed by atoms with Gasteiger partial charge in [0.1, 0.15) is 0 Å². The summed E-state index contributed by atoms with van der Waals surface area (Å²) < 4.78 is 10.5. The maximum atomic E-state index is 12.3. The van der Waals surface area contributed by atoms with E-state index in [1.54, 1.807) is 36.0 Å². The molecule has 1 heterocycles. The second-order valence-electron chi connectivity index (χ2n) is 7.69. The van der Waals surface area contributed by atoms with Crippen molar-refractivity contribution >= 4 is 18.1 Å². The van der Waals surface area contributed by atoms with Gasteiger partial charge < -0.3 is 29.3 Å². The molecular weight excluding hydrogens is 402 g/mol. The Kier molecular flexibility index (Phi) is 10.1. The number of benzene rings is 1. The van der Waals surface area contributed by atoms with Crippen molar-refractivity contribution in [3.63, 3.8) is 0 Å². The molecule has 1 aromatic carbocycles. The number of urea groups is 1. The predicted octanol–water partition coefficient (Wildman–Crippen LogP) is 2.30. The number of rotatable bonds is 10. The average Bonchev–Trinajstić information content (AvgIpc) is 2.78. The Balaban J connectivity index is 1.65. The van der Waals surface area contributed by atoms with E-state index in [4.69, 9.17) is 9.47 Å². The van der Waals surface area contributed by atoms with E-state index in [1.807, 2.05) is 18.2 Å². The maximum absolute atomic E-state index is 12.3. The maximum Gasteiger partial charge on any atom is 0.410 e. The zero-order valence-electron chi connectivity index (χ0n) is 18.4. The molecule has 1 aliphatic heterocycles. The zero-order valence-corrected chi connectivity index (χ0v) is 18.4. The van der Waals surface area contributed by atoms with Gasteiger partial charge in [0, 0.05) is 46.7 Å². The Morgan fingerprint density at radius 3 is 2.26 bits per heavy atom. The van der Waals surface area contributed by atoms with Crippen LogP contribution in [-0.4, -0.2) is 97.5 Å². The molecule has 0 radical (unpaired) electrons. The highest BCUT2D eigenvalue weighted by Gasteiger charge is 2.24. The molecule has 0 aromatic heterocycles. The number of carboxylic acids is 1. The first kappa shape index (κ1) is 24.5. The Morgan fingerprint density at radius 2 is 1.65 bits per heavy atom. The van der Waals surface area contributed by atoms with Gasteiger partial charge in [0.05, 0.1) is 13.2 Å². The number of ether oxygens (including phenoxy) is 2. The number of amides is 3. The topological polar surface area (TPSA) is 99.6 Å². The summed E-state index contributed by atoms with van der Waals surface area (Å²) in [6.45, 7) is 3.50. The molecule has 1 aromatic rings. The second-order valence-corrected chi connectivity index (χ2v) is 7.69. The number of unbranched alkanes of at least 4 members (excludes halogenated alkanes) is 2. The standard InChI is InChI=1S/C22H33N3O6/c1-23(21(28)25-13-15-30-16-14-25)11-7-4-8-12-24(2)22(29)31-19(20(26)27)17-18-9-5-3-6-10-18/h3,5-6,9-10,19H,4,7-8,11-17H2,1-2H3,(H,26,27)/t19-/m0/s1. The van der Waals surface area contributed by atoms with Gasteiger partial charge >= 0.3 is 18.1 Å². The summed E-state index contributed by atoms with van der Waals surface area (Å²) in [6.07, 6.45) is 0.646. The van der Waals surface area contributed by atoms with Gasteiger partial charge in [-0.15, -0.1) is 0 Å². The monoisotopic (exact) mass is 435 g/mol. The quantitative estimate of drug-likeness (QED) is 0.566. The summed E-state index contributed by atoms with van der Waals surface area (Å²) in [7, 11) is 3.39. The number of hydrogen-bond acceptors (Lipinski definition) is 5. The van der Waals surface area contributed by atoms with Gasteiger partial charge in [-0.05, 0) is 24.8 Å². The van der Waals surface area contributed by atoms with E-state index < -0.39 is 18.2 Å². The summed E-state index contributed by atoms with van der Waals surface area (Å²) in [6, 6.07) is 9.09. The fourth-order valence-electron chi connectivity index (χ4n) is 3.28. The van der Waals surface area contributed by atoms with Crippen molar-refractivity contribution in [3.05, 3.63) is 35.9 Å².